The maximum atomic E-state index is 13.7. The molecule has 1 spiro atoms. The minimum absolute atomic E-state index is 0.00387. The van der Waals surface area contributed by atoms with Crippen molar-refractivity contribution in [2.45, 2.75) is 87.9 Å². The van der Waals surface area contributed by atoms with Crippen LogP contribution in [0.2, 0.25) is 0 Å². The van der Waals surface area contributed by atoms with Crippen LogP contribution in [0.3, 0.4) is 0 Å². The van der Waals surface area contributed by atoms with E-state index in [1.54, 1.807) is 0 Å². The second kappa shape index (κ2) is 8.83. The highest BCUT2D eigenvalue weighted by Gasteiger charge is 2.56. The lowest BCUT2D eigenvalue weighted by atomic mass is 9.67. The van der Waals surface area contributed by atoms with Crippen molar-refractivity contribution in [2.75, 3.05) is 33.7 Å². The number of amides is 3. The van der Waals surface area contributed by atoms with E-state index in [2.05, 4.69) is 54.6 Å². The van der Waals surface area contributed by atoms with E-state index in [4.69, 9.17) is 0 Å². The predicted octanol–water partition coefficient (Wildman–Crippen LogP) is 3.32. The summed E-state index contributed by atoms with van der Waals surface area (Å²) in [5, 5.41) is 14.0. The Hall–Kier alpha value is -2.12. The van der Waals surface area contributed by atoms with E-state index in [0.29, 0.717) is 19.6 Å². The van der Waals surface area contributed by atoms with Gasteiger partial charge in [0.2, 0.25) is 5.91 Å². The Morgan fingerprint density at radius 3 is 2.21 bits per heavy atom. The number of carbonyl (C=O) groups excluding carboxylic acids is 2. The molecule has 2 aliphatic carbocycles. The summed E-state index contributed by atoms with van der Waals surface area (Å²) in [6.07, 6.45) is 6.22. The zero-order chi connectivity index (χ0) is 24.8. The molecule has 188 valence electrons. The Morgan fingerprint density at radius 1 is 1.09 bits per heavy atom. The first-order valence-electron chi connectivity index (χ1n) is 12.7. The van der Waals surface area contributed by atoms with Crippen molar-refractivity contribution in [1.82, 2.24) is 20.0 Å². The molecule has 3 amide bonds. The Balaban J connectivity index is 1.60. The second-order valence-electron chi connectivity index (χ2n) is 11.9. The maximum absolute atomic E-state index is 13.7. The third-order valence-electron chi connectivity index (χ3n) is 8.57. The first-order chi connectivity index (χ1) is 15.9. The molecule has 0 bridgehead atoms. The van der Waals surface area contributed by atoms with Crippen molar-refractivity contribution >= 4 is 11.9 Å². The van der Waals surface area contributed by atoms with Gasteiger partial charge in [-0.3, -0.25) is 9.69 Å². The van der Waals surface area contributed by atoms with E-state index in [1.165, 1.54) is 12.5 Å². The van der Waals surface area contributed by atoms with E-state index in [-0.39, 0.29) is 23.0 Å². The van der Waals surface area contributed by atoms with Gasteiger partial charge in [0.1, 0.15) is 0 Å². The molecule has 1 aromatic rings. The van der Waals surface area contributed by atoms with Gasteiger partial charge in [0, 0.05) is 25.6 Å². The number of β-amino-alcohol motifs (C(OH)–C–C–N with tert-alkyl or cyclic N) is 1. The molecule has 1 saturated heterocycles. The topological polar surface area (TPSA) is 76.1 Å². The molecule has 3 aliphatic rings. The molecular formula is C27H42N4O3. The number of rotatable bonds is 7. The van der Waals surface area contributed by atoms with Gasteiger partial charge >= 0.3 is 6.03 Å². The first kappa shape index (κ1) is 25.0. The SMILES string of the molecule is CC(=O)NC(C)(C)CN1C[C@]2(CC[C@](c3ccccc3)(N(C)C)CC2)N(CC2(O)CCC2)C1=O. The van der Waals surface area contributed by atoms with Crippen LogP contribution in [0.15, 0.2) is 30.3 Å². The van der Waals surface area contributed by atoms with Gasteiger partial charge in [-0.2, -0.15) is 0 Å². The van der Waals surface area contributed by atoms with E-state index >= 15 is 0 Å². The number of nitrogens with one attached hydrogen (secondary N) is 1. The lowest BCUT2D eigenvalue weighted by molar-refractivity contribution is -0.120. The van der Waals surface area contributed by atoms with Gasteiger partial charge in [-0.15, -0.1) is 0 Å². The van der Waals surface area contributed by atoms with Crippen molar-refractivity contribution in [3.63, 3.8) is 0 Å². The molecule has 34 heavy (non-hydrogen) atoms. The number of hydrogen-bond acceptors (Lipinski definition) is 4. The highest BCUT2D eigenvalue weighted by atomic mass is 16.3. The minimum Gasteiger partial charge on any atom is -0.388 e. The Bertz CT molecular complexity index is 902. The average Bonchev–Trinajstić information content (AvgIpc) is 2.97. The van der Waals surface area contributed by atoms with Crippen LogP contribution in [0.4, 0.5) is 4.79 Å². The Labute approximate surface area is 204 Å². The molecule has 4 rings (SSSR count). The molecule has 1 heterocycles. The fourth-order valence-electron chi connectivity index (χ4n) is 6.57. The van der Waals surface area contributed by atoms with E-state index in [0.717, 1.165) is 44.9 Å². The van der Waals surface area contributed by atoms with Crippen LogP contribution < -0.4 is 5.32 Å². The highest BCUT2D eigenvalue weighted by Crippen LogP contribution is 2.50. The number of aliphatic hydroxyl groups is 1. The highest BCUT2D eigenvalue weighted by molar-refractivity contribution is 5.79. The van der Waals surface area contributed by atoms with Crippen LogP contribution in [-0.4, -0.2) is 82.2 Å². The maximum Gasteiger partial charge on any atom is 0.320 e. The Morgan fingerprint density at radius 2 is 1.71 bits per heavy atom. The average molecular weight is 471 g/mol. The van der Waals surface area contributed by atoms with E-state index < -0.39 is 11.1 Å². The summed E-state index contributed by atoms with van der Waals surface area (Å²) in [6.45, 7) is 6.94. The largest absolute Gasteiger partial charge is 0.388 e. The smallest absolute Gasteiger partial charge is 0.320 e. The molecule has 7 heteroatoms. The van der Waals surface area contributed by atoms with Gasteiger partial charge in [0.05, 0.1) is 23.2 Å². The summed E-state index contributed by atoms with van der Waals surface area (Å²) in [7, 11) is 4.31. The third kappa shape index (κ3) is 4.57. The Kier molecular flexibility index (Phi) is 6.49. The quantitative estimate of drug-likeness (QED) is 0.641. The molecule has 0 radical (unpaired) electrons. The molecule has 2 N–H and O–H groups in total. The second-order valence-corrected chi connectivity index (χ2v) is 11.9. The monoisotopic (exact) mass is 470 g/mol. The molecular weight excluding hydrogens is 428 g/mol. The number of benzene rings is 1. The van der Waals surface area contributed by atoms with Gasteiger partial charge in [0.15, 0.2) is 0 Å². The van der Waals surface area contributed by atoms with Crippen LogP contribution in [-0.2, 0) is 10.3 Å². The standard InChI is InChI=1S/C27H42N4O3/c1-21(32)28-24(2,3)18-30-19-25(31(23(30)33)20-26(34)12-9-13-26)14-16-27(17-15-25,29(4)5)22-10-7-6-8-11-22/h6-8,10-11,34H,9,12-20H2,1-5H3,(H,28,32)/t25-,27+. The van der Waals surface area contributed by atoms with Gasteiger partial charge in [0.25, 0.3) is 0 Å². The summed E-state index contributed by atoms with van der Waals surface area (Å²) in [5.74, 6) is -0.0942. The van der Waals surface area contributed by atoms with Crippen LogP contribution in [0.1, 0.15) is 71.3 Å². The number of carbonyl (C=O) groups is 2. The summed E-state index contributed by atoms with van der Waals surface area (Å²) in [5.41, 5.74) is -0.299. The zero-order valence-corrected chi connectivity index (χ0v) is 21.6. The van der Waals surface area contributed by atoms with Crippen molar-refractivity contribution in [1.29, 1.82) is 0 Å². The van der Waals surface area contributed by atoms with Crippen molar-refractivity contribution in [2.24, 2.45) is 0 Å². The van der Waals surface area contributed by atoms with Crippen LogP contribution in [0.25, 0.3) is 0 Å². The van der Waals surface area contributed by atoms with E-state index in [9.17, 15) is 14.7 Å². The van der Waals surface area contributed by atoms with Crippen LogP contribution in [0.5, 0.6) is 0 Å². The molecule has 0 unspecified atom stereocenters. The van der Waals surface area contributed by atoms with Crippen molar-refractivity contribution < 1.29 is 14.7 Å². The molecule has 3 fully saturated rings. The summed E-state index contributed by atoms with van der Waals surface area (Å²) < 4.78 is 0. The number of nitrogens with zero attached hydrogens (tertiary/aromatic N) is 3. The van der Waals surface area contributed by atoms with Crippen molar-refractivity contribution in [3.05, 3.63) is 35.9 Å². The molecule has 7 nitrogen and oxygen atoms in total. The van der Waals surface area contributed by atoms with Crippen molar-refractivity contribution in [3.8, 4) is 0 Å². The third-order valence-corrected chi connectivity index (χ3v) is 8.57. The summed E-state index contributed by atoms with van der Waals surface area (Å²) in [4.78, 5) is 31.7. The zero-order valence-electron chi connectivity index (χ0n) is 21.6. The summed E-state index contributed by atoms with van der Waals surface area (Å²) >= 11 is 0. The van der Waals surface area contributed by atoms with Gasteiger partial charge in [-0.05, 0) is 78.5 Å². The van der Waals surface area contributed by atoms with Gasteiger partial charge in [-0.1, -0.05) is 30.3 Å². The van der Waals surface area contributed by atoms with Gasteiger partial charge in [-0.25, -0.2) is 4.79 Å². The minimum atomic E-state index is -0.763. The van der Waals surface area contributed by atoms with Crippen LogP contribution >= 0.6 is 0 Å². The predicted molar refractivity (Wildman–Crippen MR) is 133 cm³/mol. The lowest BCUT2D eigenvalue weighted by Gasteiger charge is -2.52. The van der Waals surface area contributed by atoms with Crippen LogP contribution in [0, 0.1) is 0 Å². The molecule has 1 aliphatic heterocycles. The van der Waals surface area contributed by atoms with Gasteiger partial charge < -0.3 is 20.2 Å². The number of hydrogen-bond donors (Lipinski definition) is 2. The first-order valence-corrected chi connectivity index (χ1v) is 12.7. The fraction of sp³-hybridized carbons (Fsp3) is 0.704. The summed E-state index contributed by atoms with van der Waals surface area (Å²) in [6, 6.07) is 10.7. The normalized spacial score (nSPS) is 29.0. The molecule has 1 aromatic carbocycles. The lowest BCUT2D eigenvalue weighted by Crippen LogP contribution is -2.59. The molecule has 0 aromatic heterocycles. The number of urea groups is 1. The fourth-order valence-corrected chi connectivity index (χ4v) is 6.57. The molecule has 2 saturated carbocycles. The molecule has 0 atom stereocenters. The van der Waals surface area contributed by atoms with E-state index in [1.807, 2.05) is 23.6 Å².